The van der Waals surface area contributed by atoms with E-state index in [1.54, 1.807) is 0 Å². The SMILES string of the molecule is O=C(O)Cc1ccc(F)s1. The third kappa shape index (κ3) is 1.80. The van der Waals surface area contributed by atoms with E-state index in [0.29, 0.717) is 4.88 Å². The molecule has 0 fully saturated rings. The number of rotatable bonds is 2. The van der Waals surface area contributed by atoms with Gasteiger partial charge in [0.1, 0.15) is 0 Å². The van der Waals surface area contributed by atoms with Gasteiger partial charge in [-0.25, -0.2) is 0 Å². The van der Waals surface area contributed by atoms with Gasteiger partial charge < -0.3 is 5.11 Å². The summed E-state index contributed by atoms with van der Waals surface area (Å²) in [5.41, 5.74) is 0. The van der Waals surface area contributed by atoms with Crippen molar-refractivity contribution < 1.29 is 14.3 Å². The molecule has 0 aliphatic heterocycles. The van der Waals surface area contributed by atoms with Gasteiger partial charge in [0.2, 0.25) is 0 Å². The third-order valence-corrected chi connectivity index (χ3v) is 1.83. The van der Waals surface area contributed by atoms with Crippen molar-refractivity contribution in [3.05, 3.63) is 22.1 Å². The van der Waals surface area contributed by atoms with Gasteiger partial charge in [-0.3, -0.25) is 4.79 Å². The van der Waals surface area contributed by atoms with Gasteiger partial charge in [-0.15, -0.1) is 11.3 Å². The van der Waals surface area contributed by atoms with E-state index < -0.39 is 5.97 Å². The fourth-order valence-electron chi connectivity index (χ4n) is 0.596. The van der Waals surface area contributed by atoms with Crippen molar-refractivity contribution in [3.8, 4) is 0 Å². The summed E-state index contributed by atoms with van der Waals surface area (Å²) < 4.78 is 12.2. The van der Waals surface area contributed by atoms with Crippen LogP contribution in [0.4, 0.5) is 4.39 Å². The molecule has 0 unspecified atom stereocenters. The van der Waals surface area contributed by atoms with Crippen LogP contribution in [-0.4, -0.2) is 11.1 Å². The molecule has 0 aromatic carbocycles. The molecule has 0 aliphatic carbocycles. The minimum atomic E-state index is -0.929. The van der Waals surface area contributed by atoms with E-state index in [4.69, 9.17) is 5.11 Å². The zero-order valence-electron chi connectivity index (χ0n) is 5.00. The first kappa shape index (κ1) is 7.21. The number of halogens is 1. The van der Waals surface area contributed by atoms with Gasteiger partial charge in [0.05, 0.1) is 6.42 Å². The summed E-state index contributed by atoms with van der Waals surface area (Å²) in [7, 11) is 0. The van der Waals surface area contributed by atoms with Crippen molar-refractivity contribution in [1.29, 1.82) is 0 Å². The van der Waals surface area contributed by atoms with Crippen molar-refractivity contribution in [3.63, 3.8) is 0 Å². The van der Waals surface area contributed by atoms with E-state index in [1.807, 2.05) is 0 Å². The van der Waals surface area contributed by atoms with E-state index in [0.717, 1.165) is 11.3 Å². The van der Waals surface area contributed by atoms with Gasteiger partial charge >= 0.3 is 5.97 Å². The van der Waals surface area contributed by atoms with Crippen LogP contribution in [0.25, 0.3) is 0 Å². The van der Waals surface area contributed by atoms with Crippen LogP contribution in [0.3, 0.4) is 0 Å². The predicted octanol–water partition coefficient (Wildman–Crippen LogP) is 1.51. The average molecular weight is 160 g/mol. The quantitative estimate of drug-likeness (QED) is 0.712. The number of hydrogen-bond donors (Lipinski definition) is 1. The highest BCUT2D eigenvalue weighted by atomic mass is 32.1. The number of hydrogen-bond acceptors (Lipinski definition) is 2. The molecule has 0 saturated carbocycles. The Morgan fingerprint density at radius 2 is 2.40 bits per heavy atom. The molecular formula is C6H5FO2S. The Bertz CT molecular complexity index is 244. The normalized spacial score (nSPS) is 9.70. The second-order valence-electron chi connectivity index (χ2n) is 1.78. The van der Waals surface area contributed by atoms with Crippen LogP contribution < -0.4 is 0 Å². The van der Waals surface area contributed by atoms with Crippen molar-refractivity contribution >= 4 is 17.3 Å². The molecule has 0 bridgehead atoms. The minimum absolute atomic E-state index is 0.0887. The lowest BCUT2D eigenvalue weighted by molar-refractivity contribution is -0.136. The maximum atomic E-state index is 12.2. The highest BCUT2D eigenvalue weighted by Gasteiger charge is 2.02. The van der Waals surface area contributed by atoms with Crippen molar-refractivity contribution in [2.45, 2.75) is 6.42 Å². The van der Waals surface area contributed by atoms with Crippen LogP contribution in [0.15, 0.2) is 12.1 Å². The van der Waals surface area contributed by atoms with Gasteiger partial charge in [-0.1, -0.05) is 0 Å². The topological polar surface area (TPSA) is 37.3 Å². The maximum Gasteiger partial charge on any atom is 0.308 e. The van der Waals surface area contributed by atoms with Crippen LogP contribution in [0.5, 0.6) is 0 Å². The zero-order chi connectivity index (χ0) is 7.56. The third-order valence-electron chi connectivity index (χ3n) is 0.954. The smallest absolute Gasteiger partial charge is 0.308 e. The first-order valence-electron chi connectivity index (χ1n) is 2.64. The Balaban J connectivity index is 2.67. The van der Waals surface area contributed by atoms with Gasteiger partial charge in [-0.2, -0.15) is 4.39 Å². The molecule has 10 heavy (non-hydrogen) atoms. The van der Waals surface area contributed by atoms with Crippen molar-refractivity contribution in [1.82, 2.24) is 0 Å². The number of thiophene rings is 1. The number of aliphatic carboxylic acids is 1. The molecule has 1 N–H and O–H groups in total. The lowest BCUT2D eigenvalue weighted by atomic mass is 10.3. The Hall–Kier alpha value is -0.900. The summed E-state index contributed by atoms with van der Waals surface area (Å²) in [6.45, 7) is 0. The van der Waals surface area contributed by atoms with Gasteiger partial charge in [0, 0.05) is 4.88 Å². The monoisotopic (exact) mass is 160 g/mol. The number of carboxylic acid groups (broad SMARTS) is 1. The summed E-state index contributed by atoms with van der Waals surface area (Å²) in [5.74, 6) is -0.929. The fraction of sp³-hybridized carbons (Fsp3) is 0.167. The van der Waals surface area contributed by atoms with Gasteiger partial charge in [0.15, 0.2) is 5.13 Å². The Morgan fingerprint density at radius 3 is 2.80 bits per heavy atom. The molecule has 1 heterocycles. The molecule has 1 rings (SSSR count). The fourth-order valence-corrected chi connectivity index (χ4v) is 1.31. The lowest BCUT2D eigenvalue weighted by Crippen LogP contribution is -1.96. The molecule has 4 heteroatoms. The summed E-state index contributed by atoms with van der Waals surface area (Å²) in [4.78, 5) is 10.6. The van der Waals surface area contributed by atoms with Crippen LogP contribution in [-0.2, 0) is 11.2 Å². The highest BCUT2D eigenvalue weighted by Crippen LogP contribution is 2.14. The highest BCUT2D eigenvalue weighted by molar-refractivity contribution is 7.10. The zero-order valence-corrected chi connectivity index (χ0v) is 5.82. The minimum Gasteiger partial charge on any atom is -0.481 e. The molecule has 1 aromatic heterocycles. The van der Waals surface area contributed by atoms with Crippen molar-refractivity contribution in [2.24, 2.45) is 0 Å². The first-order chi connectivity index (χ1) is 4.68. The molecule has 0 radical (unpaired) electrons. The molecule has 54 valence electrons. The van der Waals surface area contributed by atoms with Gasteiger partial charge in [0.25, 0.3) is 0 Å². The van der Waals surface area contributed by atoms with Gasteiger partial charge in [-0.05, 0) is 12.1 Å². The number of carboxylic acids is 1. The standard InChI is InChI=1S/C6H5FO2S/c7-5-2-1-4(10-5)3-6(8)9/h1-2H,3H2,(H,8,9). The summed E-state index contributed by atoms with van der Waals surface area (Å²) in [6, 6.07) is 2.75. The Kier molecular flexibility index (Phi) is 2.01. The van der Waals surface area contributed by atoms with Crippen LogP contribution in [0.1, 0.15) is 4.88 Å². The van der Waals surface area contributed by atoms with E-state index in [-0.39, 0.29) is 11.6 Å². The van der Waals surface area contributed by atoms with Crippen LogP contribution in [0.2, 0.25) is 0 Å². The van der Waals surface area contributed by atoms with E-state index >= 15 is 0 Å². The molecule has 0 atom stereocenters. The van der Waals surface area contributed by atoms with E-state index in [1.165, 1.54) is 12.1 Å². The maximum absolute atomic E-state index is 12.2. The average Bonchev–Trinajstić information content (AvgIpc) is 2.13. The molecule has 0 amide bonds. The largest absolute Gasteiger partial charge is 0.481 e. The molecule has 0 aliphatic rings. The Labute approximate surface area is 60.9 Å². The second kappa shape index (κ2) is 2.79. The molecule has 2 nitrogen and oxygen atoms in total. The van der Waals surface area contributed by atoms with E-state index in [2.05, 4.69) is 0 Å². The number of carbonyl (C=O) groups is 1. The van der Waals surface area contributed by atoms with Crippen molar-refractivity contribution in [2.75, 3.05) is 0 Å². The Morgan fingerprint density at radius 1 is 1.70 bits per heavy atom. The molecule has 0 saturated heterocycles. The van der Waals surface area contributed by atoms with Crippen LogP contribution in [0, 0.1) is 5.13 Å². The van der Waals surface area contributed by atoms with E-state index in [9.17, 15) is 9.18 Å². The predicted molar refractivity (Wildman–Crippen MR) is 35.6 cm³/mol. The molecule has 1 aromatic rings. The molecule has 0 spiro atoms. The second-order valence-corrected chi connectivity index (χ2v) is 2.89. The summed E-state index contributed by atoms with van der Waals surface area (Å²) in [5, 5.41) is 7.92. The molecular weight excluding hydrogens is 155 g/mol. The first-order valence-corrected chi connectivity index (χ1v) is 3.46. The lowest BCUT2D eigenvalue weighted by Gasteiger charge is -1.85. The summed E-state index contributed by atoms with van der Waals surface area (Å²) in [6.07, 6.45) is -0.0887. The summed E-state index contributed by atoms with van der Waals surface area (Å²) >= 11 is 0.869. The van der Waals surface area contributed by atoms with Crippen LogP contribution >= 0.6 is 11.3 Å².